The lowest BCUT2D eigenvalue weighted by molar-refractivity contribution is -0.120. The van der Waals surface area contributed by atoms with Crippen molar-refractivity contribution in [1.82, 2.24) is 10.3 Å². The minimum absolute atomic E-state index is 0.0384. The fourth-order valence-corrected chi connectivity index (χ4v) is 2.93. The van der Waals surface area contributed by atoms with Crippen molar-refractivity contribution in [3.8, 4) is 5.75 Å². The van der Waals surface area contributed by atoms with Gasteiger partial charge in [-0.05, 0) is 54.1 Å². The maximum atomic E-state index is 12.1. The van der Waals surface area contributed by atoms with E-state index in [-0.39, 0.29) is 5.91 Å². The number of ether oxygens (including phenoxy) is 1. The van der Waals surface area contributed by atoms with Gasteiger partial charge in [0.2, 0.25) is 5.91 Å². The first-order valence-corrected chi connectivity index (χ1v) is 8.12. The van der Waals surface area contributed by atoms with Crippen molar-refractivity contribution < 1.29 is 9.53 Å². The lowest BCUT2D eigenvalue weighted by Crippen LogP contribution is -2.27. The highest BCUT2D eigenvalue weighted by molar-refractivity contribution is 5.84. The number of nitrogens with one attached hydrogen (secondary N) is 2. The average Bonchev–Trinajstić information content (AvgIpc) is 2.94. The molecule has 0 spiro atoms. The van der Waals surface area contributed by atoms with Gasteiger partial charge in [0.15, 0.2) is 0 Å². The molecule has 0 unspecified atom stereocenters. The second kappa shape index (κ2) is 7.21. The van der Waals surface area contributed by atoms with Crippen molar-refractivity contribution in [1.29, 1.82) is 0 Å². The van der Waals surface area contributed by atoms with Gasteiger partial charge in [-0.2, -0.15) is 0 Å². The fraction of sp³-hybridized carbons (Fsp3) is 0.250. The van der Waals surface area contributed by atoms with E-state index in [1.165, 1.54) is 0 Å². The van der Waals surface area contributed by atoms with Gasteiger partial charge < -0.3 is 15.0 Å². The number of para-hydroxylation sites is 1. The second-order valence-electron chi connectivity index (χ2n) is 5.96. The Hall–Kier alpha value is -2.75. The quantitative estimate of drug-likeness (QED) is 0.731. The zero-order valence-corrected chi connectivity index (χ0v) is 14.1. The molecule has 3 rings (SSSR count). The van der Waals surface area contributed by atoms with Gasteiger partial charge in [0.1, 0.15) is 5.75 Å². The molecule has 4 nitrogen and oxygen atoms in total. The maximum absolute atomic E-state index is 12.1. The van der Waals surface area contributed by atoms with Crippen molar-refractivity contribution in [2.75, 3.05) is 13.7 Å². The number of aryl methyl sites for hydroxylation is 1. The van der Waals surface area contributed by atoms with E-state index in [2.05, 4.69) is 22.4 Å². The van der Waals surface area contributed by atoms with E-state index in [4.69, 9.17) is 4.74 Å². The SMILES string of the molecule is COc1ccccc1CCNC(=O)Cc1ccc2[nH]c(C)cc2c1. The van der Waals surface area contributed by atoms with Crippen molar-refractivity contribution in [2.24, 2.45) is 0 Å². The van der Waals surface area contributed by atoms with Crippen LogP contribution in [0.4, 0.5) is 0 Å². The Labute approximate surface area is 141 Å². The molecule has 0 aliphatic carbocycles. The molecule has 24 heavy (non-hydrogen) atoms. The summed E-state index contributed by atoms with van der Waals surface area (Å²) in [6.07, 6.45) is 1.15. The Kier molecular flexibility index (Phi) is 4.85. The van der Waals surface area contributed by atoms with Gasteiger partial charge in [0, 0.05) is 17.8 Å². The van der Waals surface area contributed by atoms with Crippen LogP contribution in [-0.4, -0.2) is 24.5 Å². The summed E-state index contributed by atoms with van der Waals surface area (Å²) < 4.78 is 5.33. The summed E-state index contributed by atoms with van der Waals surface area (Å²) in [7, 11) is 1.66. The number of fused-ring (bicyclic) bond motifs is 1. The maximum Gasteiger partial charge on any atom is 0.224 e. The molecule has 0 fully saturated rings. The summed E-state index contributed by atoms with van der Waals surface area (Å²) in [5, 5.41) is 4.13. The number of amides is 1. The van der Waals surface area contributed by atoms with Crippen LogP contribution in [0.3, 0.4) is 0 Å². The molecule has 3 aromatic rings. The number of hydrogen-bond donors (Lipinski definition) is 2. The lowest BCUT2D eigenvalue weighted by Gasteiger charge is -2.09. The minimum atomic E-state index is 0.0384. The molecule has 0 saturated carbocycles. The summed E-state index contributed by atoms with van der Waals surface area (Å²) in [5.74, 6) is 0.900. The van der Waals surface area contributed by atoms with Crippen LogP contribution in [0.2, 0.25) is 0 Å². The molecule has 0 bridgehead atoms. The standard InChI is InChI=1S/C20H22N2O2/c1-14-11-17-12-15(7-8-18(17)22-14)13-20(23)21-10-9-16-5-3-4-6-19(16)24-2/h3-8,11-12,22H,9-10,13H2,1-2H3,(H,21,23). The number of aromatic nitrogens is 1. The first-order chi connectivity index (χ1) is 11.7. The van der Waals surface area contributed by atoms with Gasteiger partial charge in [0.05, 0.1) is 13.5 Å². The molecule has 1 amide bonds. The Bertz CT molecular complexity index is 852. The number of carbonyl (C=O) groups excluding carboxylic acids is 1. The van der Waals surface area contributed by atoms with Gasteiger partial charge in [-0.3, -0.25) is 4.79 Å². The van der Waals surface area contributed by atoms with Crippen molar-refractivity contribution in [3.05, 3.63) is 65.4 Å². The number of aromatic amines is 1. The van der Waals surface area contributed by atoms with Crippen molar-refractivity contribution in [2.45, 2.75) is 19.8 Å². The zero-order valence-electron chi connectivity index (χ0n) is 14.1. The van der Waals surface area contributed by atoms with E-state index in [1.807, 2.05) is 43.3 Å². The van der Waals surface area contributed by atoms with Crippen molar-refractivity contribution in [3.63, 3.8) is 0 Å². The summed E-state index contributed by atoms with van der Waals surface area (Å²) >= 11 is 0. The molecule has 0 aliphatic heterocycles. The number of rotatable bonds is 6. The number of methoxy groups -OCH3 is 1. The van der Waals surface area contributed by atoms with Crippen molar-refractivity contribution >= 4 is 16.8 Å². The molecule has 1 heterocycles. The Morgan fingerprint density at radius 1 is 1.17 bits per heavy atom. The van der Waals surface area contributed by atoms with E-state index in [0.29, 0.717) is 13.0 Å². The third kappa shape index (κ3) is 3.77. The fourth-order valence-electron chi connectivity index (χ4n) is 2.93. The van der Waals surface area contributed by atoms with Crippen LogP contribution in [0.1, 0.15) is 16.8 Å². The van der Waals surface area contributed by atoms with Crippen LogP contribution in [0, 0.1) is 6.92 Å². The molecule has 124 valence electrons. The predicted molar refractivity (Wildman–Crippen MR) is 96.4 cm³/mol. The number of benzene rings is 2. The first kappa shape index (κ1) is 16.1. The highest BCUT2D eigenvalue weighted by Gasteiger charge is 2.06. The number of hydrogen-bond acceptors (Lipinski definition) is 2. The summed E-state index contributed by atoms with van der Waals surface area (Å²) in [6, 6.07) is 16.1. The predicted octanol–water partition coefficient (Wildman–Crippen LogP) is 3.39. The molecule has 1 aromatic heterocycles. The Morgan fingerprint density at radius 3 is 2.83 bits per heavy atom. The monoisotopic (exact) mass is 322 g/mol. The van der Waals surface area contributed by atoms with Gasteiger partial charge >= 0.3 is 0 Å². The average molecular weight is 322 g/mol. The lowest BCUT2D eigenvalue weighted by atomic mass is 10.1. The Morgan fingerprint density at radius 2 is 2.00 bits per heavy atom. The van der Waals surface area contributed by atoms with Crippen LogP contribution in [0.15, 0.2) is 48.5 Å². The first-order valence-electron chi connectivity index (χ1n) is 8.12. The summed E-state index contributed by atoms with van der Waals surface area (Å²) in [6.45, 7) is 2.63. The summed E-state index contributed by atoms with van der Waals surface area (Å²) in [4.78, 5) is 15.4. The number of carbonyl (C=O) groups is 1. The largest absolute Gasteiger partial charge is 0.496 e. The highest BCUT2D eigenvalue weighted by Crippen LogP contribution is 2.18. The molecule has 0 saturated heterocycles. The van der Waals surface area contributed by atoms with Crippen LogP contribution < -0.4 is 10.1 Å². The molecular formula is C20H22N2O2. The van der Waals surface area contributed by atoms with Crippen LogP contribution in [0.5, 0.6) is 5.75 Å². The second-order valence-corrected chi connectivity index (χ2v) is 5.96. The topological polar surface area (TPSA) is 54.1 Å². The van der Waals surface area contributed by atoms with Gasteiger partial charge in [-0.1, -0.05) is 24.3 Å². The van der Waals surface area contributed by atoms with E-state index in [1.54, 1.807) is 7.11 Å². The molecule has 0 radical (unpaired) electrons. The van der Waals surface area contributed by atoms with E-state index < -0.39 is 0 Å². The highest BCUT2D eigenvalue weighted by atomic mass is 16.5. The Balaban J connectivity index is 1.55. The molecule has 2 N–H and O–H groups in total. The molecular weight excluding hydrogens is 300 g/mol. The van der Waals surface area contributed by atoms with E-state index in [9.17, 15) is 4.79 Å². The normalized spacial score (nSPS) is 10.8. The molecule has 4 heteroatoms. The van der Waals surface area contributed by atoms with Crippen LogP contribution in [-0.2, 0) is 17.6 Å². The van der Waals surface area contributed by atoms with Gasteiger partial charge in [-0.25, -0.2) is 0 Å². The smallest absolute Gasteiger partial charge is 0.224 e. The van der Waals surface area contributed by atoms with Gasteiger partial charge in [0.25, 0.3) is 0 Å². The zero-order chi connectivity index (χ0) is 16.9. The molecule has 0 atom stereocenters. The third-order valence-corrected chi connectivity index (χ3v) is 4.09. The van der Waals surface area contributed by atoms with Crippen LogP contribution in [0.25, 0.3) is 10.9 Å². The van der Waals surface area contributed by atoms with E-state index in [0.717, 1.165) is 39.9 Å². The third-order valence-electron chi connectivity index (χ3n) is 4.09. The molecule has 0 aliphatic rings. The van der Waals surface area contributed by atoms with E-state index >= 15 is 0 Å². The summed E-state index contributed by atoms with van der Waals surface area (Å²) in [5.41, 5.74) is 4.36. The molecule has 2 aromatic carbocycles. The van der Waals surface area contributed by atoms with Crippen LogP contribution >= 0.6 is 0 Å². The minimum Gasteiger partial charge on any atom is -0.496 e. The number of H-pyrrole nitrogens is 1. The van der Waals surface area contributed by atoms with Gasteiger partial charge in [-0.15, -0.1) is 0 Å².